The Hall–Kier alpha value is -1.72. The molecular weight excluding hydrogens is 269 g/mol. The van der Waals surface area contributed by atoms with E-state index in [9.17, 15) is 18.0 Å². The van der Waals surface area contributed by atoms with Crippen molar-refractivity contribution in [3.63, 3.8) is 0 Å². The van der Waals surface area contributed by atoms with Gasteiger partial charge in [-0.1, -0.05) is 18.9 Å². The van der Waals surface area contributed by atoms with Crippen LogP contribution in [0.2, 0.25) is 0 Å². The highest BCUT2D eigenvalue weighted by atomic mass is 19.4. The minimum absolute atomic E-state index is 0.126. The zero-order chi connectivity index (χ0) is 14.8. The molecule has 0 saturated heterocycles. The maximum absolute atomic E-state index is 12.6. The predicted octanol–water partition coefficient (Wildman–Crippen LogP) is 4.08. The van der Waals surface area contributed by atoms with Crippen molar-refractivity contribution in [3.05, 3.63) is 29.3 Å². The van der Waals surface area contributed by atoms with Gasteiger partial charge >= 0.3 is 12.2 Å². The molecule has 1 aromatic rings. The molecule has 0 radical (unpaired) electrons. The first-order chi connectivity index (χ1) is 9.36. The fourth-order valence-electron chi connectivity index (χ4n) is 2.35. The summed E-state index contributed by atoms with van der Waals surface area (Å²) in [5.41, 5.74) is 0.0224. The molecule has 0 aromatic heterocycles. The number of urea groups is 1. The van der Waals surface area contributed by atoms with E-state index in [0.717, 1.165) is 37.8 Å². The molecule has 0 heterocycles. The van der Waals surface area contributed by atoms with E-state index in [1.54, 1.807) is 6.92 Å². The summed E-state index contributed by atoms with van der Waals surface area (Å²) in [5, 5.41) is 5.28. The van der Waals surface area contributed by atoms with Crippen LogP contribution in [0.1, 0.15) is 36.8 Å². The fourth-order valence-corrected chi connectivity index (χ4v) is 2.35. The summed E-state index contributed by atoms with van der Waals surface area (Å²) in [6.45, 7) is 1.66. The second-order valence-corrected chi connectivity index (χ2v) is 5.11. The molecule has 0 bridgehead atoms. The van der Waals surface area contributed by atoms with Crippen LogP contribution in [-0.4, -0.2) is 12.1 Å². The lowest BCUT2D eigenvalue weighted by Crippen LogP contribution is -2.36. The average molecular weight is 286 g/mol. The van der Waals surface area contributed by atoms with Crippen LogP contribution in [0.5, 0.6) is 0 Å². The molecule has 2 rings (SSSR count). The van der Waals surface area contributed by atoms with Gasteiger partial charge in [0.05, 0.1) is 5.56 Å². The second kappa shape index (κ2) is 5.73. The number of amides is 2. The number of carbonyl (C=O) groups is 1. The van der Waals surface area contributed by atoms with Gasteiger partial charge in [0, 0.05) is 11.7 Å². The molecule has 6 heteroatoms. The molecule has 2 amide bonds. The molecule has 1 aliphatic rings. The SMILES string of the molecule is Cc1ccc(C(F)(F)F)cc1NC(=O)NC1CCCC1. The van der Waals surface area contributed by atoms with Crippen LogP contribution in [0.15, 0.2) is 18.2 Å². The average Bonchev–Trinajstić information content (AvgIpc) is 2.83. The smallest absolute Gasteiger partial charge is 0.335 e. The summed E-state index contributed by atoms with van der Waals surface area (Å²) in [6, 6.07) is 3.01. The molecule has 0 spiro atoms. The molecule has 1 aliphatic carbocycles. The van der Waals surface area contributed by atoms with Crippen molar-refractivity contribution in [3.8, 4) is 0 Å². The number of anilines is 1. The van der Waals surface area contributed by atoms with Gasteiger partial charge < -0.3 is 10.6 Å². The number of halogens is 3. The third-order valence-electron chi connectivity index (χ3n) is 3.50. The van der Waals surface area contributed by atoms with Gasteiger partial charge in [0.15, 0.2) is 0 Å². The van der Waals surface area contributed by atoms with Crippen molar-refractivity contribution in [1.29, 1.82) is 0 Å². The summed E-state index contributed by atoms with van der Waals surface area (Å²) in [5.74, 6) is 0. The van der Waals surface area contributed by atoms with Crippen molar-refractivity contribution in [2.75, 3.05) is 5.32 Å². The summed E-state index contributed by atoms with van der Waals surface area (Å²) in [6.07, 6.45) is -0.406. The zero-order valence-electron chi connectivity index (χ0n) is 11.2. The molecule has 2 N–H and O–H groups in total. The Labute approximate surface area is 115 Å². The minimum Gasteiger partial charge on any atom is -0.335 e. The molecule has 1 aromatic carbocycles. The quantitative estimate of drug-likeness (QED) is 0.845. The Bertz CT molecular complexity index is 494. The lowest BCUT2D eigenvalue weighted by atomic mass is 10.1. The number of alkyl halides is 3. The van der Waals surface area contributed by atoms with Crippen LogP contribution >= 0.6 is 0 Å². The maximum atomic E-state index is 12.6. The highest BCUT2D eigenvalue weighted by Crippen LogP contribution is 2.32. The van der Waals surface area contributed by atoms with Crippen molar-refractivity contribution in [1.82, 2.24) is 5.32 Å². The first-order valence-corrected chi connectivity index (χ1v) is 6.61. The van der Waals surface area contributed by atoms with Crippen LogP contribution in [0, 0.1) is 6.92 Å². The Morgan fingerprint density at radius 3 is 2.50 bits per heavy atom. The largest absolute Gasteiger partial charge is 0.416 e. The Morgan fingerprint density at radius 2 is 1.90 bits per heavy atom. The van der Waals surface area contributed by atoms with E-state index < -0.39 is 17.8 Å². The Morgan fingerprint density at radius 1 is 1.25 bits per heavy atom. The molecule has 20 heavy (non-hydrogen) atoms. The second-order valence-electron chi connectivity index (χ2n) is 5.11. The summed E-state index contributed by atoms with van der Waals surface area (Å²) >= 11 is 0. The van der Waals surface area contributed by atoms with Gasteiger partial charge in [-0.2, -0.15) is 13.2 Å². The van der Waals surface area contributed by atoms with E-state index in [-0.39, 0.29) is 11.7 Å². The van der Waals surface area contributed by atoms with E-state index in [2.05, 4.69) is 10.6 Å². The Kier molecular flexibility index (Phi) is 4.20. The maximum Gasteiger partial charge on any atom is 0.416 e. The first-order valence-electron chi connectivity index (χ1n) is 6.61. The monoisotopic (exact) mass is 286 g/mol. The van der Waals surface area contributed by atoms with Gasteiger partial charge in [0.25, 0.3) is 0 Å². The summed E-state index contributed by atoms with van der Waals surface area (Å²) in [4.78, 5) is 11.8. The number of carbonyl (C=O) groups excluding carboxylic acids is 1. The molecule has 0 atom stereocenters. The minimum atomic E-state index is -4.41. The molecule has 0 aliphatic heterocycles. The molecule has 3 nitrogen and oxygen atoms in total. The number of rotatable bonds is 2. The highest BCUT2D eigenvalue weighted by molar-refractivity contribution is 5.90. The van der Waals surface area contributed by atoms with Gasteiger partial charge in [-0.05, 0) is 37.5 Å². The van der Waals surface area contributed by atoms with Gasteiger partial charge in [0.1, 0.15) is 0 Å². The third kappa shape index (κ3) is 3.65. The van der Waals surface area contributed by atoms with Crippen molar-refractivity contribution < 1.29 is 18.0 Å². The van der Waals surface area contributed by atoms with Crippen LogP contribution < -0.4 is 10.6 Å². The summed E-state index contributed by atoms with van der Waals surface area (Å²) < 4.78 is 37.9. The van der Waals surface area contributed by atoms with E-state index in [1.165, 1.54) is 6.07 Å². The third-order valence-corrected chi connectivity index (χ3v) is 3.50. The van der Waals surface area contributed by atoms with Crippen molar-refractivity contribution in [2.24, 2.45) is 0 Å². The fraction of sp³-hybridized carbons (Fsp3) is 0.500. The molecular formula is C14H17F3N2O. The normalized spacial score (nSPS) is 16.2. The van der Waals surface area contributed by atoms with Crippen LogP contribution in [0.25, 0.3) is 0 Å². The van der Waals surface area contributed by atoms with Crippen molar-refractivity contribution in [2.45, 2.75) is 44.8 Å². The lowest BCUT2D eigenvalue weighted by Gasteiger charge is -2.15. The van der Waals surface area contributed by atoms with E-state index in [0.29, 0.717) is 5.56 Å². The number of nitrogens with one attached hydrogen (secondary N) is 2. The standard InChI is InChI=1S/C14H17F3N2O/c1-9-6-7-10(14(15,16)17)8-12(9)19-13(20)18-11-4-2-3-5-11/h6-8,11H,2-5H2,1H3,(H2,18,19,20). The lowest BCUT2D eigenvalue weighted by molar-refractivity contribution is -0.137. The molecule has 1 fully saturated rings. The van der Waals surface area contributed by atoms with Crippen LogP contribution in [0.4, 0.5) is 23.7 Å². The zero-order valence-corrected chi connectivity index (χ0v) is 11.2. The van der Waals surface area contributed by atoms with Crippen LogP contribution in [0.3, 0.4) is 0 Å². The number of hydrogen-bond donors (Lipinski definition) is 2. The first kappa shape index (κ1) is 14.7. The van der Waals surface area contributed by atoms with Gasteiger partial charge in [0.2, 0.25) is 0 Å². The molecule has 1 saturated carbocycles. The van der Waals surface area contributed by atoms with Gasteiger partial charge in [-0.15, -0.1) is 0 Å². The number of aryl methyl sites for hydroxylation is 1. The van der Waals surface area contributed by atoms with E-state index in [1.807, 2.05) is 0 Å². The molecule has 110 valence electrons. The summed E-state index contributed by atoms with van der Waals surface area (Å²) in [7, 11) is 0. The predicted molar refractivity (Wildman–Crippen MR) is 70.6 cm³/mol. The highest BCUT2D eigenvalue weighted by Gasteiger charge is 2.31. The Balaban J connectivity index is 2.06. The van der Waals surface area contributed by atoms with Gasteiger partial charge in [-0.3, -0.25) is 0 Å². The molecule has 0 unspecified atom stereocenters. The van der Waals surface area contributed by atoms with Crippen LogP contribution in [-0.2, 0) is 6.18 Å². The number of benzene rings is 1. The van der Waals surface area contributed by atoms with Gasteiger partial charge in [-0.25, -0.2) is 4.79 Å². The van der Waals surface area contributed by atoms with E-state index in [4.69, 9.17) is 0 Å². The van der Waals surface area contributed by atoms with E-state index >= 15 is 0 Å². The number of hydrogen-bond acceptors (Lipinski definition) is 1. The topological polar surface area (TPSA) is 41.1 Å². The van der Waals surface area contributed by atoms with Crippen molar-refractivity contribution >= 4 is 11.7 Å².